The summed E-state index contributed by atoms with van der Waals surface area (Å²) in [5, 5.41) is 27.9. The molecule has 1 amide bonds. The molecule has 0 saturated carbocycles. The van der Waals surface area contributed by atoms with Gasteiger partial charge in [0.1, 0.15) is 43.2 Å². The lowest BCUT2D eigenvalue weighted by Crippen LogP contribution is -2.52. The molecule has 9 rings (SSSR count). The van der Waals surface area contributed by atoms with E-state index in [-0.39, 0.29) is 49.3 Å². The third kappa shape index (κ3) is 10.6. The van der Waals surface area contributed by atoms with E-state index in [2.05, 4.69) is 20.5 Å². The molecular weight excluding hydrogens is 789 g/mol. The number of aromatic hydroxyl groups is 1. The maximum absolute atomic E-state index is 13.2. The zero-order valence-corrected chi connectivity index (χ0v) is 34.2. The summed E-state index contributed by atoms with van der Waals surface area (Å²) in [6.07, 6.45) is 0.720. The molecule has 5 N–H and O–H groups in total. The number of aromatic nitrogens is 1. The number of pyridine rings is 1. The number of carbonyl (C=O) groups excluding carboxylic acids is 2. The van der Waals surface area contributed by atoms with Crippen molar-refractivity contribution in [3.63, 3.8) is 0 Å². The highest BCUT2D eigenvalue weighted by molar-refractivity contribution is 5.89. The number of nitrogens with one attached hydrogen (secondary N) is 3. The number of esters is 1. The third-order valence-electron chi connectivity index (χ3n) is 11.5. The van der Waals surface area contributed by atoms with Crippen LogP contribution >= 0.6 is 0 Å². The van der Waals surface area contributed by atoms with Crippen molar-refractivity contribution in [2.24, 2.45) is 5.92 Å². The molecule has 3 aliphatic rings. The number of phenolic OH excluding ortho intramolecular Hbond substituents is 1. The first-order chi connectivity index (χ1) is 30.3. The Morgan fingerprint density at radius 1 is 0.790 bits per heavy atom. The van der Waals surface area contributed by atoms with Crippen LogP contribution < -0.4 is 25.7 Å². The largest absolute Gasteiger partial charge is 0.506 e. The van der Waals surface area contributed by atoms with Crippen molar-refractivity contribution < 1.29 is 38.7 Å². The molecule has 320 valence electrons. The molecular formula is C49H50N4O9. The molecule has 2 bridgehead atoms. The number of aromatic amines is 1. The lowest BCUT2D eigenvalue weighted by Gasteiger charge is -2.43. The Hall–Kier alpha value is -6.67. The fourth-order valence-corrected chi connectivity index (χ4v) is 8.16. The topological polar surface area (TPSA) is 172 Å². The van der Waals surface area contributed by atoms with E-state index in [0.29, 0.717) is 40.5 Å². The van der Waals surface area contributed by atoms with E-state index in [0.717, 1.165) is 54.7 Å². The monoisotopic (exact) mass is 838 g/mol. The highest BCUT2D eigenvalue weighted by Crippen LogP contribution is 2.32. The lowest BCUT2D eigenvalue weighted by molar-refractivity contribution is -0.0336. The molecule has 0 spiro atoms. The SMILES string of the molecule is O=C(NC(c1ccccc1)c1cccc(OCc2ccc(C(=O)OCCOc3cccc(CNC[C@H](O)c4ccc(O)c5[nH]c(=O)ccc45)c3)cc2)c1)O[C@H]1CN2CCC1CC2. The van der Waals surface area contributed by atoms with Gasteiger partial charge in [0.05, 0.1) is 23.2 Å². The third-order valence-corrected chi connectivity index (χ3v) is 11.5. The second-order valence-corrected chi connectivity index (χ2v) is 15.7. The molecule has 0 radical (unpaired) electrons. The number of carbonyl (C=O) groups is 2. The quantitative estimate of drug-likeness (QED) is 0.0485. The van der Waals surface area contributed by atoms with Crippen molar-refractivity contribution >= 4 is 23.0 Å². The molecule has 3 saturated heterocycles. The van der Waals surface area contributed by atoms with E-state index in [9.17, 15) is 24.6 Å². The van der Waals surface area contributed by atoms with Crippen LogP contribution in [0.5, 0.6) is 17.2 Å². The summed E-state index contributed by atoms with van der Waals surface area (Å²) in [4.78, 5) is 42.7. The normalized spacial score (nSPS) is 17.8. The summed E-state index contributed by atoms with van der Waals surface area (Å²) in [6, 6.07) is 37.6. The number of hydrogen-bond donors (Lipinski definition) is 5. The summed E-state index contributed by atoms with van der Waals surface area (Å²) in [7, 11) is 0. The zero-order chi connectivity index (χ0) is 42.8. The number of phenols is 1. The molecule has 13 nitrogen and oxygen atoms in total. The van der Waals surface area contributed by atoms with Gasteiger partial charge in [0.15, 0.2) is 0 Å². The van der Waals surface area contributed by atoms with E-state index in [4.69, 9.17) is 18.9 Å². The van der Waals surface area contributed by atoms with E-state index in [1.165, 1.54) is 12.1 Å². The zero-order valence-electron chi connectivity index (χ0n) is 34.2. The molecule has 3 atom stereocenters. The smallest absolute Gasteiger partial charge is 0.408 e. The number of benzene rings is 5. The summed E-state index contributed by atoms with van der Waals surface area (Å²) in [5.41, 5.74) is 4.51. The molecule has 3 fully saturated rings. The molecule has 0 aliphatic carbocycles. The van der Waals surface area contributed by atoms with Crippen LogP contribution in [0.25, 0.3) is 10.9 Å². The maximum Gasteiger partial charge on any atom is 0.408 e. The standard InChI is InChI=1S/C49H50N4O9/c54-42-18-16-40(41-17-19-45(56)51-47(41)42)43(55)29-50-28-33-6-4-10-38(26-33)59-24-25-60-48(57)36-14-12-32(13-15-36)31-61-39-11-5-9-37(27-39)46(35-7-2-1-3-8-35)52-49(58)62-44-30-53-22-20-34(44)21-23-53/h1-19,26-27,34,43-44,46,50,54-55H,20-25,28-31H2,(H,51,56)(H,52,58)/t43-,44-,46?/m0/s1. The molecule has 13 heteroatoms. The predicted octanol–water partition coefficient (Wildman–Crippen LogP) is 6.78. The van der Waals surface area contributed by atoms with Crippen molar-refractivity contribution in [1.82, 2.24) is 20.5 Å². The van der Waals surface area contributed by atoms with Crippen LogP contribution in [0.1, 0.15) is 63.2 Å². The van der Waals surface area contributed by atoms with Crippen LogP contribution in [-0.4, -0.2) is 77.7 Å². The molecule has 3 aliphatic heterocycles. The number of aliphatic hydroxyl groups is 1. The second kappa shape index (κ2) is 19.8. The molecule has 62 heavy (non-hydrogen) atoms. The lowest BCUT2D eigenvalue weighted by atomic mass is 9.86. The van der Waals surface area contributed by atoms with Crippen LogP contribution in [0.3, 0.4) is 0 Å². The van der Waals surface area contributed by atoms with Crippen LogP contribution in [0, 0.1) is 5.92 Å². The van der Waals surface area contributed by atoms with Crippen molar-refractivity contribution in [1.29, 1.82) is 0 Å². The first-order valence-electron chi connectivity index (χ1n) is 20.9. The number of H-pyrrole nitrogens is 1. The minimum atomic E-state index is -0.882. The first kappa shape index (κ1) is 42.0. The minimum Gasteiger partial charge on any atom is -0.506 e. The Kier molecular flexibility index (Phi) is 13.4. The number of piperidine rings is 3. The number of rotatable bonds is 17. The number of amides is 1. The van der Waals surface area contributed by atoms with Gasteiger partial charge in [-0.25, -0.2) is 9.59 Å². The highest BCUT2D eigenvalue weighted by atomic mass is 16.6. The first-order valence-corrected chi connectivity index (χ1v) is 20.9. The summed E-state index contributed by atoms with van der Waals surface area (Å²) >= 11 is 0. The van der Waals surface area contributed by atoms with Gasteiger partial charge in [0.2, 0.25) is 5.56 Å². The van der Waals surface area contributed by atoms with E-state index in [1.807, 2.05) is 91.0 Å². The van der Waals surface area contributed by atoms with Crippen molar-refractivity contribution in [3.05, 3.63) is 171 Å². The number of nitrogens with zero attached hydrogens (tertiary/aromatic N) is 1. The molecule has 6 aromatic rings. The summed E-state index contributed by atoms with van der Waals surface area (Å²) in [5.74, 6) is 1.13. The van der Waals surface area contributed by atoms with Gasteiger partial charge in [-0.1, -0.05) is 72.8 Å². The van der Waals surface area contributed by atoms with E-state index < -0.39 is 24.2 Å². The average Bonchev–Trinajstić information content (AvgIpc) is 3.30. The summed E-state index contributed by atoms with van der Waals surface area (Å²) in [6.45, 7) is 4.10. The molecule has 5 aromatic carbocycles. The molecule has 1 unspecified atom stereocenters. The molecule has 1 aromatic heterocycles. The van der Waals surface area contributed by atoms with Crippen molar-refractivity contribution in [2.45, 2.75) is 44.2 Å². The van der Waals surface area contributed by atoms with Gasteiger partial charge in [-0.2, -0.15) is 0 Å². The van der Waals surface area contributed by atoms with Gasteiger partial charge >= 0.3 is 12.1 Å². The predicted molar refractivity (Wildman–Crippen MR) is 233 cm³/mol. The van der Waals surface area contributed by atoms with Crippen LogP contribution in [-0.2, 0) is 22.6 Å². The van der Waals surface area contributed by atoms with Gasteiger partial charge in [-0.05, 0) is 108 Å². The Labute approximate surface area is 359 Å². The fraction of sp³-hybridized carbons (Fsp3) is 0.286. The van der Waals surface area contributed by atoms with Crippen LogP contribution in [0.2, 0.25) is 0 Å². The number of aliphatic hydroxyl groups excluding tert-OH is 1. The Morgan fingerprint density at radius 2 is 1.55 bits per heavy atom. The number of ether oxygens (including phenoxy) is 4. The Morgan fingerprint density at radius 3 is 2.32 bits per heavy atom. The number of alkyl carbamates (subject to hydrolysis) is 1. The molecule has 4 heterocycles. The van der Waals surface area contributed by atoms with Gasteiger partial charge in [-0.15, -0.1) is 0 Å². The van der Waals surface area contributed by atoms with Crippen molar-refractivity contribution in [3.8, 4) is 17.2 Å². The van der Waals surface area contributed by atoms with E-state index in [1.54, 1.807) is 24.3 Å². The minimum absolute atomic E-state index is 0.0524. The van der Waals surface area contributed by atoms with E-state index >= 15 is 0 Å². The maximum atomic E-state index is 13.2. The summed E-state index contributed by atoms with van der Waals surface area (Å²) < 4.78 is 23.5. The van der Waals surface area contributed by atoms with Crippen LogP contribution in [0.4, 0.5) is 4.79 Å². The van der Waals surface area contributed by atoms with Crippen LogP contribution in [0.15, 0.2) is 132 Å². The van der Waals surface area contributed by atoms with Gasteiger partial charge in [-0.3, -0.25) is 9.69 Å². The number of fused-ring (bicyclic) bond motifs is 4. The second-order valence-electron chi connectivity index (χ2n) is 15.7. The van der Waals surface area contributed by atoms with Gasteiger partial charge in [0, 0.05) is 31.1 Å². The average molecular weight is 839 g/mol. The van der Waals surface area contributed by atoms with Crippen molar-refractivity contribution in [2.75, 3.05) is 39.4 Å². The Balaban J connectivity index is 0.777. The van der Waals surface area contributed by atoms with Gasteiger partial charge in [0.25, 0.3) is 0 Å². The number of hydrogen-bond acceptors (Lipinski definition) is 11. The Bertz CT molecular complexity index is 2520. The fourth-order valence-electron chi connectivity index (χ4n) is 8.16. The van der Waals surface area contributed by atoms with Gasteiger partial charge < -0.3 is 44.8 Å². The highest BCUT2D eigenvalue weighted by Gasteiger charge is 2.37.